The summed E-state index contributed by atoms with van der Waals surface area (Å²) in [6.45, 7) is 0.607. The number of rotatable bonds is 6. The lowest BCUT2D eigenvalue weighted by atomic mass is 10.1. The smallest absolute Gasteiger partial charge is 0.254 e. The number of unbranched alkanes of at least 4 members (excludes halogenated alkanes) is 1. The molecule has 0 saturated carbocycles. The molecule has 0 aliphatic carbocycles. The number of amides is 1. The Morgan fingerprint density at radius 1 is 1.17 bits per heavy atom. The number of halogens is 3. The van der Waals surface area contributed by atoms with Crippen molar-refractivity contribution in [3.63, 3.8) is 0 Å². The fourth-order valence-electron chi connectivity index (χ4n) is 2.11. The highest BCUT2D eigenvalue weighted by Crippen LogP contribution is 2.25. The first-order valence-corrected chi connectivity index (χ1v) is 7.22. The molecule has 0 spiro atoms. The average Bonchev–Trinajstić information content (AvgIpc) is 2.57. The molecule has 1 aromatic heterocycles. The summed E-state index contributed by atoms with van der Waals surface area (Å²) in [5.74, 6) is -7.25. The molecule has 0 atom stereocenters. The van der Waals surface area contributed by atoms with Gasteiger partial charge < -0.3 is 15.0 Å². The second-order valence-electron chi connectivity index (χ2n) is 5.08. The Labute approximate surface area is 135 Å². The van der Waals surface area contributed by atoms with Crippen LogP contribution < -0.4 is 10.9 Å². The number of carbonyl (C=O) groups excluding carboxylic acids is 1. The van der Waals surface area contributed by atoms with Crippen LogP contribution >= 0.6 is 0 Å². The number of phenols is 1. The Balaban J connectivity index is 1.86. The van der Waals surface area contributed by atoms with Gasteiger partial charge in [0.1, 0.15) is 0 Å². The van der Waals surface area contributed by atoms with Crippen molar-refractivity contribution in [2.45, 2.75) is 19.4 Å². The van der Waals surface area contributed by atoms with Gasteiger partial charge in [0.15, 0.2) is 17.4 Å². The van der Waals surface area contributed by atoms with Crippen LogP contribution in [0, 0.1) is 17.5 Å². The molecule has 0 saturated heterocycles. The van der Waals surface area contributed by atoms with Crippen molar-refractivity contribution in [2.24, 2.45) is 0 Å². The van der Waals surface area contributed by atoms with Crippen LogP contribution in [0.1, 0.15) is 23.2 Å². The predicted octanol–water partition coefficient (Wildman–Crippen LogP) is 2.18. The number of hydrogen-bond donors (Lipinski definition) is 2. The summed E-state index contributed by atoms with van der Waals surface area (Å²) in [7, 11) is 0. The molecule has 2 N–H and O–H groups in total. The van der Waals surface area contributed by atoms with Gasteiger partial charge in [-0.15, -0.1) is 0 Å². The van der Waals surface area contributed by atoms with Crippen LogP contribution in [-0.2, 0) is 6.54 Å². The number of hydrogen-bond acceptors (Lipinski definition) is 3. The van der Waals surface area contributed by atoms with Crippen LogP contribution in [-0.4, -0.2) is 22.1 Å². The number of benzene rings is 1. The molecule has 0 radical (unpaired) electrons. The number of aromatic hydroxyl groups is 1. The van der Waals surface area contributed by atoms with Crippen LogP contribution in [0.3, 0.4) is 0 Å². The van der Waals surface area contributed by atoms with E-state index in [4.69, 9.17) is 5.11 Å². The second kappa shape index (κ2) is 7.67. The molecule has 5 nitrogen and oxygen atoms in total. The molecular weight excluding hydrogens is 325 g/mol. The van der Waals surface area contributed by atoms with Gasteiger partial charge in [-0.25, -0.2) is 8.78 Å². The van der Waals surface area contributed by atoms with Gasteiger partial charge in [-0.3, -0.25) is 9.59 Å². The first-order chi connectivity index (χ1) is 11.4. The number of phenolic OH excluding ortho intramolecular Hbond substituents is 1. The van der Waals surface area contributed by atoms with Crippen molar-refractivity contribution in [3.8, 4) is 5.75 Å². The highest BCUT2D eigenvalue weighted by Gasteiger charge is 2.22. The highest BCUT2D eigenvalue weighted by atomic mass is 19.2. The molecule has 1 amide bonds. The van der Waals surface area contributed by atoms with Crippen LogP contribution in [0.15, 0.2) is 35.3 Å². The van der Waals surface area contributed by atoms with Crippen molar-refractivity contribution in [2.75, 3.05) is 6.54 Å². The second-order valence-corrected chi connectivity index (χ2v) is 5.08. The topological polar surface area (TPSA) is 71.3 Å². The summed E-state index contributed by atoms with van der Waals surface area (Å²) in [6.07, 6.45) is 2.71. The zero-order valence-electron chi connectivity index (χ0n) is 12.6. The fraction of sp³-hybridized carbons (Fsp3) is 0.250. The SMILES string of the molecule is O=C(NCCCCn1ccccc1=O)c1cc(F)c(F)c(O)c1F. The minimum atomic E-state index is -1.74. The summed E-state index contributed by atoms with van der Waals surface area (Å²) >= 11 is 0. The summed E-state index contributed by atoms with van der Waals surface area (Å²) in [5, 5.41) is 11.4. The van der Waals surface area contributed by atoms with Gasteiger partial charge in [-0.05, 0) is 25.0 Å². The van der Waals surface area contributed by atoms with Crippen molar-refractivity contribution in [1.82, 2.24) is 9.88 Å². The first-order valence-electron chi connectivity index (χ1n) is 7.22. The zero-order chi connectivity index (χ0) is 17.7. The minimum Gasteiger partial charge on any atom is -0.503 e. The standard InChI is InChI=1S/C16H15F3N2O3/c17-11-9-10(13(18)15(23)14(11)19)16(24)20-6-2-4-8-21-7-3-1-5-12(21)22/h1,3,5,7,9,23H,2,4,6,8H2,(H,20,24). The minimum absolute atomic E-state index is 0.138. The first kappa shape index (κ1) is 17.6. The number of aryl methyl sites for hydroxylation is 1. The van der Waals surface area contributed by atoms with Gasteiger partial charge in [0, 0.05) is 25.4 Å². The highest BCUT2D eigenvalue weighted by molar-refractivity contribution is 5.94. The van der Waals surface area contributed by atoms with E-state index < -0.39 is 34.7 Å². The molecule has 2 rings (SSSR count). The molecule has 0 aliphatic heterocycles. The molecule has 0 unspecified atom stereocenters. The Morgan fingerprint density at radius 2 is 1.92 bits per heavy atom. The van der Waals surface area contributed by atoms with Gasteiger partial charge >= 0.3 is 0 Å². The Kier molecular flexibility index (Phi) is 5.62. The van der Waals surface area contributed by atoms with E-state index in [9.17, 15) is 22.8 Å². The normalized spacial score (nSPS) is 10.6. The molecule has 8 heteroatoms. The third-order valence-corrected chi connectivity index (χ3v) is 3.39. The summed E-state index contributed by atoms with van der Waals surface area (Å²) in [6, 6.07) is 5.18. The number of nitrogens with one attached hydrogen (secondary N) is 1. The van der Waals surface area contributed by atoms with Gasteiger partial charge in [-0.2, -0.15) is 4.39 Å². The van der Waals surface area contributed by atoms with E-state index in [1.54, 1.807) is 18.3 Å². The zero-order valence-corrected chi connectivity index (χ0v) is 12.6. The van der Waals surface area contributed by atoms with Crippen LogP contribution in [0.25, 0.3) is 0 Å². The molecule has 2 aromatic rings. The van der Waals surface area contributed by atoms with Gasteiger partial charge in [-0.1, -0.05) is 6.07 Å². The summed E-state index contributed by atoms with van der Waals surface area (Å²) in [4.78, 5) is 23.2. The summed E-state index contributed by atoms with van der Waals surface area (Å²) in [5.41, 5.74) is -0.911. The maximum absolute atomic E-state index is 13.6. The molecular formula is C16H15F3N2O3. The third-order valence-electron chi connectivity index (χ3n) is 3.39. The van der Waals surface area contributed by atoms with Crippen LogP contribution in [0.2, 0.25) is 0 Å². The van der Waals surface area contributed by atoms with Crippen molar-refractivity contribution < 1.29 is 23.1 Å². The maximum atomic E-state index is 13.6. The monoisotopic (exact) mass is 340 g/mol. The van der Waals surface area contributed by atoms with E-state index >= 15 is 0 Å². The molecule has 128 valence electrons. The molecule has 1 aromatic carbocycles. The lowest BCUT2D eigenvalue weighted by molar-refractivity contribution is 0.0947. The van der Waals surface area contributed by atoms with Crippen molar-refractivity contribution in [3.05, 3.63) is 63.8 Å². The lowest BCUT2D eigenvalue weighted by Crippen LogP contribution is -2.26. The quantitative estimate of drug-likeness (QED) is 0.625. The van der Waals surface area contributed by atoms with E-state index in [0.717, 1.165) is 0 Å². The summed E-state index contributed by atoms with van der Waals surface area (Å²) < 4.78 is 41.2. The van der Waals surface area contributed by atoms with E-state index in [-0.39, 0.29) is 12.1 Å². The number of aromatic nitrogens is 1. The number of nitrogens with zero attached hydrogens (tertiary/aromatic N) is 1. The Bertz CT molecular complexity index is 806. The van der Waals surface area contributed by atoms with Gasteiger partial charge in [0.25, 0.3) is 5.91 Å². The Morgan fingerprint density at radius 3 is 2.62 bits per heavy atom. The lowest BCUT2D eigenvalue weighted by Gasteiger charge is -2.09. The molecule has 1 heterocycles. The van der Waals surface area contributed by atoms with Crippen molar-refractivity contribution in [1.29, 1.82) is 0 Å². The molecule has 24 heavy (non-hydrogen) atoms. The molecule has 0 aliphatic rings. The van der Waals surface area contributed by atoms with Crippen molar-refractivity contribution >= 4 is 5.91 Å². The number of carbonyl (C=O) groups is 1. The molecule has 0 bridgehead atoms. The molecule has 0 fully saturated rings. The third kappa shape index (κ3) is 3.95. The van der Waals surface area contributed by atoms with Gasteiger partial charge in [0.2, 0.25) is 11.4 Å². The maximum Gasteiger partial charge on any atom is 0.254 e. The van der Waals surface area contributed by atoms with Crippen LogP contribution in [0.4, 0.5) is 13.2 Å². The number of pyridine rings is 1. The van der Waals surface area contributed by atoms with E-state index in [2.05, 4.69) is 5.32 Å². The predicted molar refractivity (Wildman–Crippen MR) is 80.3 cm³/mol. The fourth-order valence-corrected chi connectivity index (χ4v) is 2.11. The van der Waals surface area contributed by atoms with E-state index in [1.165, 1.54) is 10.6 Å². The Hall–Kier alpha value is -2.77. The van der Waals surface area contributed by atoms with E-state index in [1.807, 2.05) is 0 Å². The largest absolute Gasteiger partial charge is 0.503 e. The van der Waals surface area contributed by atoms with Gasteiger partial charge in [0.05, 0.1) is 5.56 Å². The van der Waals surface area contributed by atoms with E-state index in [0.29, 0.717) is 25.5 Å². The average molecular weight is 340 g/mol. The van der Waals surface area contributed by atoms with Crippen LogP contribution in [0.5, 0.6) is 5.75 Å².